The van der Waals surface area contributed by atoms with E-state index in [9.17, 15) is 9.59 Å². The maximum absolute atomic E-state index is 11.9. The highest BCUT2D eigenvalue weighted by atomic mass is 16.5. The Morgan fingerprint density at radius 3 is 2.53 bits per heavy atom. The first kappa shape index (κ1) is 13.5. The van der Waals surface area contributed by atoms with Crippen molar-refractivity contribution >= 4 is 23.2 Å². The Bertz CT molecular complexity index is 464. The fraction of sp³-hybridized carbons (Fsp3) is 0.429. The minimum atomic E-state index is -0.0560. The van der Waals surface area contributed by atoms with Gasteiger partial charge in [0.25, 0.3) is 0 Å². The van der Waals surface area contributed by atoms with Crippen molar-refractivity contribution in [2.75, 3.05) is 30.5 Å². The molecule has 1 aromatic carbocycles. The van der Waals surface area contributed by atoms with Gasteiger partial charge in [-0.05, 0) is 30.7 Å². The van der Waals surface area contributed by atoms with Gasteiger partial charge in [-0.2, -0.15) is 0 Å². The fourth-order valence-corrected chi connectivity index (χ4v) is 1.94. The molecule has 1 aliphatic heterocycles. The van der Waals surface area contributed by atoms with E-state index >= 15 is 0 Å². The van der Waals surface area contributed by atoms with E-state index in [1.807, 2.05) is 12.1 Å². The van der Waals surface area contributed by atoms with Crippen LogP contribution in [-0.2, 0) is 14.3 Å². The number of amides is 2. The zero-order valence-electron chi connectivity index (χ0n) is 11.2. The summed E-state index contributed by atoms with van der Waals surface area (Å²) < 4.78 is 5.19. The number of hydrogen-bond acceptors (Lipinski definition) is 3. The first-order valence-electron chi connectivity index (χ1n) is 6.31. The highest BCUT2D eigenvalue weighted by Gasteiger charge is 2.23. The van der Waals surface area contributed by atoms with Crippen molar-refractivity contribution in [3.63, 3.8) is 0 Å². The van der Waals surface area contributed by atoms with Crippen LogP contribution in [0, 0.1) is 5.92 Å². The SMILES string of the molecule is CC(=O)N(C)c1ccc(NC(=O)C2CCOC2)cc1. The van der Waals surface area contributed by atoms with Crippen molar-refractivity contribution in [3.05, 3.63) is 24.3 Å². The average molecular weight is 262 g/mol. The summed E-state index contributed by atoms with van der Waals surface area (Å²) in [5.41, 5.74) is 1.53. The molecule has 2 rings (SSSR count). The molecule has 0 spiro atoms. The molecule has 1 heterocycles. The molecule has 0 saturated carbocycles. The Hall–Kier alpha value is -1.88. The summed E-state index contributed by atoms with van der Waals surface area (Å²) in [5, 5.41) is 2.86. The van der Waals surface area contributed by atoms with Gasteiger partial charge in [-0.15, -0.1) is 0 Å². The predicted molar refractivity (Wildman–Crippen MR) is 73.1 cm³/mol. The molecule has 0 bridgehead atoms. The van der Waals surface area contributed by atoms with Gasteiger partial charge in [0.1, 0.15) is 0 Å². The number of hydrogen-bond donors (Lipinski definition) is 1. The number of benzene rings is 1. The van der Waals surface area contributed by atoms with Crippen LogP contribution in [0.5, 0.6) is 0 Å². The molecule has 1 aliphatic rings. The van der Waals surface area contributed by atoms with Crippen LogP contribution >= 0.6 is 0 Å². The molecule has 5 nitrogen and oxygen atoms in total. The molecule has 0 radical (unpaired) electrons. The highest BCUT2D eigenvalue weighted by Crippen LogP contribution is 2.19. The van der Waals surface area contributed by atoms with Crippen LogP contribution in [0.25, 0.3) is 0 Å². The summed E-state index contributed by atoms with van der Waals surface area (Å²) in [7, 11) is 1.71. The zero-order valence-corrected chi connectivity index (χ0v) is 11.2. The molecule has 19 heavy (non-hydrogen) atoms. The van der Waals surface area contributed by atoms with Crippen LogP contribution in [0.2, 0.25) is 0 Å². The normalized spacial score (nSPS) is 18.1. The maximum atomic E-state index is 11.9. The third-order valence-corrected chi connectivity index (χ3v) is 3.29. The molecule has 2 amide bonds. The Morgan fingerprint density at radius 2 is 2.00 bits per heavy atom. The summed E-state index contributed by atoms with van der Waals surface area (Å²) in [5.74, 6) is -0.0929. The Labute approximate surface area is 112 Å². The summed E-state index contributed by atoms with van der Waals surface area (Å²) >= 11 is 0. The van der Waals surface area contributed by atoms with Crippen LogP contribution in [0.3, 0.4) is 0 Å². The molecule has 1 N–H and O–H groups in total. The van der Waals surface area contributed by atoms with Gasteiger partial charge in [0, 0.05) is 32.0 Å². The summed E-state index contributed by atoms with van der Waals surface area (Å²) in [6.07, 6.45) is 0.775. The maximum Gasteiger partial charge on any atom is 0.229 e. The Kier molecular flexibility index (Phi) is 4.16. The standard InChI is InChI=1S/C14H18N2O3/c1-10(17)16(2)13-5-3-12(4-6-13)15-14(18)11-7-8-19-9-11/h3-6,11H,7-9H2,1-2H3,(H,15,18). The van der Waals surface area contributed by atoms with Gasteiger partial charge in [0.15, 0.2) is 0 Å². The van der Waals surface area contributed by atoms with Crippen molar-refractivity contribution in [1.82, 2.24) is 0 Å². The molecule has 0 aliphatic carbocycles. The number of carbonyl (C=O) groups is 2. The second-order valence-electron chi connectivity index (χ2n) is 4.67. The quantitative estimate of drug-likeness (QED) is 0.901. The summed E-state index contributed by atoms with van der Waals surface area (Å²) in [6.45, 7) is 2.66. The monoisotopic (exact) mass is 262 g/mol. The van der Waals surface area contributed by atoms with Gasteiger partial charge >= 0.3 is 0 Å². The van der Waals surface area contributed by atoms with Gasteiger partial charge in [-0.3, -0.25) is 9.59 Å². The van der Waals surface area contributed by atoms with E-state index in [0.717, 1.165) is 17.8 Å². The lowest BCUT2D eigenvalue weighted by atomic mass is 10.1. The Balaban J connectivity index is 1.98. The first-order valence-corrected chi connectivity index (χ1v) is 6.31. The number of anilines is 2. The van der Waals surface area contributed by atoms with E-state index in [-0.39, 0.29) is 17.7 Å². The van der Waals surface area contributed by atoms with Crippen LogP contribution in [0.4, 0.5) is 11.4 Å². The van der Waals surface area contributed by atoms with Gasteiger partial charge in [-0.1, -0.05) is 0 Å². The van der Waals surface area contributed by atoms with E-state index < -0.39 is 0 Å². The van der Waals surface area contributed by atoms with Crippen molar-refractivity contribution in [2.24, 2.45) is 5.92 Å². The Morgan fingerprint density at radius 1 is 1.32 bits per heavy atom. The lowest BCUT2D eigenvalue weighted by molar-refractivity contribution is -0.120. The minimum Gasteiger partial charge on any atom is -0.381 e. The second kappa shape index (κ2) is 5.84. The average Bonchev–Trinajstić information content (AvgIpc) is 2.92. The third kappa shape index (κ3) is 3.32. The van der Waals surface area contributed by atoms with Crippen LogP contribution < -0.4 is 10.2 Å². The number of nitrogens with zero attached hydrogens (tertiary/aromatic N) is 1. The number of ether oxygens (including phenoxy) is 1. The summed E-state index contributed by atoms with van der Waals surface area (Å²) in [6, 6.07) is 7.20. The van der Waals surface area contributed by atoms with Crippen LogP contribution in [0.1, 0.15) is 13.3 Å². The van der Waals surface area contributed by atoms with Gasteiger partial charge < -0.3 is 15.0 Å². The highest BCUT2D eigenvalue weighted by molar-refractivity contribution is 5.94. The molecule has 1 atom stereocenters. The third-order valence-electron chi connectivity index (χ3n) is 3.29. The smallest absolute Gasteiger partial charge is 0.229 e. The van der Waals surface area contributed by atoms with Gasteiger partial charge in [0.2, 0.25) is 11.8 Å². The number of nitrogens with one attached hydrogen (secondary N) is 1. The molecular formula is C14H18N2O3. The van der Waals surface area contributed by atoms with Crippen molar-refractivity contribution < 1.29 is 14.3 Å². The van der Waals surface area contributed by atoms with Crippen molar-refractivity contribution in [1.29, 1.82) is 0 Å². The largest absolute Gasteiger partial charge is 0.381 e. The topological polar surface area (TPSA) is 58.6 Å². The lowest BCUT2D eigenvalue weighted by Crippen LogP contribution is -2.24. The van der Waals surface area contributed by atoms with E-state index in [1.54, 1.807) is 24.1 Å². The molecule has 1 fully saturated rings. The van der Waals surface area contributed by atoms with E-state index in [0.29, 0.717) is 13.2 Å². The van der Waals surface area contributed by atoms with E-state index in [2.05, 4.69) is 5.32 Å². The fourth-order valence-electron chi connectivity index (χ4n) is 1.94. The minimum absolute atomic E-state index is 0.00910. The second-order valence-corrected chi connectivity index (χ2v) is 4.67. The number of rotatable bonds is 3. The van der Waals surface area contributed by atoms with Crippen LogP contribution in [-0.4, -0.2) is 32.1 Å². The molecule has 102 valence electrons. The van der Waals surface area contributed by atoms with Crippen LogP contribution in [0.15, 0.2) is 24.3 Å². The molecule has 1 saturated heterocycles. The van der Waals surface area contributed by atoms with Gasteiger partial charge in [0.05, 0.1) is 12.5 Å². The zero-order chi connectivity index (χ0) is 13.8. The molecule has 1 aromatic rings. The summed E-state index contributed by atoms with van der Waals surface area (Å²) in [4.78, 5) is 24.7. The van der Waals surface area contributed by atoms with Crippen molar-refractivity contribution in [2.45, 2.75) is 13.3 Å². The molecule has 1 unspecified atom stereocenters. The number of carbonyl (C=O) groups excluding carboxylic acids is 2. The van der Waals surface area contributed by atoms with E-state index in [4.69, 9.17) is 4.74 Å². The molecule has 0 aromatic heterocycles. The van der Waals surface area contributed by atoms with Crippen molar-refractivity contribution in [3.8, 4) is 0 Å². The van der Waals surface area contributed by atoms with Gasteiger partial charge in [-0.25, -0.2) is 0 Å². The van der Waals surface area contributed by atoms with E-state index in [1.165, 1.54) is 6.92 Å². The molecule has 5 heteroatoms. The first-order chi connectivity index (χ1) is 9.08. The molecular weight excluding hydrogens is 244 g/mol. The predicted octanol–water partition coefficient (Wildman–Crippen LogP) is 1.64. The lowest BCUT2D eigenvalue weighted by Gasteiger charge is -2.15.